The minimum atomic E-state index is -1.13. The van der Waals surface area contributed by atoms with Crippen LogP contribution in [0.3, 0.4) is 0 Å². The maximum Gasteiger partial charge on any atom is 0.250 e. The van der Waals surface area contributed by atoms with E-state index in [0.29, 0.717) is 12.4 Å². The lowest BCUT2D eigenvalue weighted by Gasteiger charge is -2.23. The summed E-state index contributed by atoms with van der Waals surface area (Å²) in [4.78, 5) is 29.9. The average Bonchev–Trinajstić information content (AvgIpc) is 3.45. The number of hydrogen-bond donors (Lipinski definition) is 3. The predicted octanol–water partition coefficient (Wildman–Crippen LogP) is 2.80. The van der Waals surface area contributed by atoms with Crippen molar-refractivity contribution in [3.05, 3.63) is 83.8 Å². The highest BCUT2D eigenvalue weighted by atomic mass is 16.5. The number of fused-ring (bicyclic) bond motifs is 1. The second kappa shape index (κ2) is 10.2. The fourth-order valence-corrected chi connectivity index (χ4v) is 4.03. The summed E-state index contributed by atoms with van der Waals surface area (Å²) in [5.74, 6) is -0.435. The van der Waals surface area contributed by atoms with E-state index in [-0.39, 0.29) is 12.6 Å². The van der Waals surface area contributed by atoms with E-state index < -0.39 is 23.4 Å². The molecule has 0 spiro atoms. The highest BCUT2D eigenvalue weighted by molar-refractivity contribution is 5.98. The molecule has 8 nitrogen and oxygen atoms in total. The van der Waals surface area contributed by atoms with Gasteiger partial charge in [0.15, 0.2) is 5.82 Å². The number of nitrogens with zero attached hydrogens (tertiary/aromatic N) is 2. The summed E-state index contributed by atoms with van der Waals surface area (Å²) in [6, 6.07) is 17.3. The molecule has 178 valence electrons. The third kappa shape index (κ3) is 5.70. The minimum absolute atomic E-state index is 0.000738. The maximum atomic E-state index is 13.1. The third-order valence-electron chi connectivity index (χ3n) is 5.92. The third-order valence-corrected chi connectivity index (χ3v) is 5.92. The van der Waals surface area contributed by atoms with Crippen LogP contribution in [0.5, 0.6) is 0 Å². The second-order valence-corrected chi connectivity index (χ2v) is 9.20. The maximum absolute atomic E-state index is 13.1. The Morgan fingerprint density at radius 2 is 1.91 bits per heavy atom. The summed E-state index contributed by atoms with van der Waals surface area (Å²) >= 11 is 0. The van der Waals surface area contributed by atoms with E-state index in [2.05, 4.69) is 33.8 Å². The molecule has 8 heteroatoms. The van der Waals surface area contributed by atoms with Gasteiger partial charge in [0, 0.05) is 6.20 Å². The molecule has 1 unspecified atom stereocenters. The van der Waals surface area contributed by atoms with Gasteiger partial charge in [-0.05, 0) is 43.4 Å². The zero-order valence-electron chi connectivity index (χ0n) is 19.5. The molecule has 0 radical (unpaired) electrons. The van der Waals surface area contributed by atoms with Gasteiger partial charge in [0.05, 0.1) is 31.1 Å². The number of amides is 2. The molecule has 1 aromatic heterocycles. The summed E-state index contributed by atoms with van der Waals surface area (Å²) in [5.41, 5.74) is 8.38. The Balaban J connectivity index is 1.42. The molecule has 1 aliphatic rings. The number of nitrogens with one attached hydrogen (secondary N) is 2. The molecule has 0 bridgehead atoms. The fourth-order valence-electron chi connectivity index (χ4n) is 4.03. The van der Waals surface area contributed by atoms with Crippen molar-refractivity contribution in [2.24, 2.45) is 5.73 Å². The molecule has 34 heavy (non-hydrogen) atoms. The lowest BCUT2D eigenvalue weighted by atomic mass is 10.1. The van der Waals surface area contributed by atoms with Gasteiger partial charge in [-0.1, -0.05) is 54.6 Å². The standard InChI is InChI=1S/C26H31N5O3/c1-26(2,27)25(33)29-21(16-34-15-18-8-4-3-5-9-18)24(32)30-23-14-31(17-28-23)22-13-12-19-10-6-7-11-20(19)22/h3-11,14,17,21-22H,12-13,15-16,27H2,1-2H3,(H,29,33)(H,30,32)/t21-,22?/m1/s1. The molecule has 0 aliphatic heterocycles. The summed E-state index contributed by atoms with van der Waals surface area (Å²) in [5, 5.41) is 5.51. The van der Waals surface area contributed by atoms with Crippen molar-refractivity contribution in [2.75, 3.05) is 11.9 Å². The number of hydrogen-bond acceptors (Lipinski definition) is 5. The SMILES string of the molecule is CC(C)(N)C(=O)N[C@H](COCc1ccccc1)C(=O)Nc1cn(C2CCc3ccccc32)cn1. The van der Waals surface area contributed by atoms with Crippen molar-refractivity contribution >= 4 is 17.6 Å². The first-order valence-corrected chi connectivity index (χ1v) is 11.4. The molecule has 2 atom stereocenters. The Kier molecular flexibility index (Phi) is 7.09. The van der Waals surface area contributed by atoms with Crippen LogP contribution >= 0.6 is 0 Å². The van der Waals surface area contributed by atoms with E-state index in [9.17, 15) is 9.59 Å². The van der Waals surface area contributed by atoms with Gasteiger partial charge in [0.1, 0.15) is 6.04 Å². The molecule has 2 aromatic carbocycles. The van der Waals surface area contributed by atoms with Crippen LogP contribution < -0.4 is 16.4 Å². The van der Waals surface area contributed by atoms with Gasteiger partial charge in [-0.15, -0.1) is 0 Å². The summed E-state index contributed by atoms with van der Waals surface area (Å²) in [6.07, 6.45) is 5.55. The highest BCUT2D eigenvalue weighted by Gasteiger charge is 2.29. The zero-order chi connectivity index (χ0) is 24.1. The molecule has 0 fully saturated rings. The van der Waals surface area contributed by atoms with Crippen LogP contribution in [0.4, 0.5) is 5.82 Å². The summed E-state index contributed by atoms with van der Waals surface area (Å²) in [6.45, 7) is 3.49. The number of aromatic nitrogens is 2. The van der Waals surface area contributed by atoms with Crippen LogP contribution in [0.2, 0.25) is 0 Å². The number of rotatable bonds is 9. The van der Waals surface area contributed by atoms with E-state index in [4.69, 9.17) is 10.5 Å². The number of ether oxygens (including phenoxy) is 1. The zero-order valence-corrected chi connectivity index (χ0v) is 19.5. The van der Waals surface area contributed by atoms with Gasteiger partial charge in [0.25, 0.3) is 5.91 Å². The molecule has 1 aliphatic carbocycles. The number of carbonyl (C=O) groups excluding carboxylic acids is 2. The summed E-state index contributed by atoms with van der Waals surface area (Å²) in [7, 11) is 0. The van der Waals surface area contributed by atoms with Crippen LogP contribution in [-0.2, 0) is 27.4 Å². The molecule has 0 saturated heterocycles. The van der Waals surface area contributed by atoms with Crippen LogP contribution in [0.1, 0.15) is 43.0 Å². The van der Waals surface area contributed by atoms with Crippen molar-refractivity contribution in [3.8, 4) is 0 Å². The van der Waals surface area contributed by atoms with Gasteiger partial charge in [-0.25, -0.2) is 4.98 Å². The second-order valence-electron chi connectivity index (χ2n) is 9.20. The van der Waals surface area contributed by atoms with Crippen LogP contribution in [-0.4, -0.2) is 39.6 Å². The first-order valence-electron chi connectivity index (χ1n) is 11.4. The fraction of sp³-hybridized carbons (Fsp3) is 0.346. The Hall–Kier alpha value is -3.49. The monoisotopic (exact) mass is 461 g/mol. The van der Waals surface area contributed by atoms with E-state index in [1.54, 1.807) is 20.2 Å². The number of carbonyl (C=O) groups is 2. The van der Waals surface area contributed by atoms with Gasteiger partial charge in [-0.3, -0.25) is 9.59 Å². The lowest BCUT2D eigenvalue weighted by molar-refractivity contribution is -0.130. The minimum Gasteiger partial charge on any atom is -0.374 e. The molecule has 4 rings (SSSR count). The van der Waals surface area contributed by atoms with Crippen molar-refractivity contribution in [1.29, 1.82) is 0 Å². The molecular formula is C26H31N5O3. The van der Waals surface area contributed by atoms with Crippen molar-refractivity contribution in [2.45, 2.75) is 50.9 Å². The molecule has 0 saturated carbocycles. The van der Waals surface area contributed by atoms with Gasteiger partial charge in [0.2, 0.25) is 5.91 Å². The number of aryl methyl sites for hydroxylation is 1. The number of nitrogens with two attached hydrogens (primary N) is 1. The van der Waals surface area contributed by atoms with E-state index in [1.807, 2.05) is 47.2 Å². The van der Waals surface area contributed by atoms with Gasteiger partial charge in [-0.2, -0.15) is 0 Å². The van der Waals surface area contributed by atoms with Gasteiger partial charge >= 0.3 is 0 Å². The van der Waals surface area contributed by atoms with Crippen LogP contribution in [0.25, 0.3) is 0 Å². The number of anilines is 1. The van der Waals surface area contributed by atoms with Crippen molar-refractivity contribution in [1.82, 2.24) is 14.9 Å². The Morgan fingerprint density at radius 1 is 1.18 bits per heavy atom. The first kappa shape index (κ1) is 23.7. The Labute approximate surface area is 199 Å². The topological polar surface area (TPSA) is 111 Å². The first-order chi connectivity index (χ1) is 16.3. The molecular weight excluding hydrogens is 430 g/mol. The molecule has 1 heterocycles. The van der Waals surface area contributed by atoms with E-state index in [0.717, 1.165) is 18.4 Å². The van der Waals surface area contributed by atoms with Crippen LogP contribution in [0.15, 0.2) is 67.1 Å². The molecule has 2 amide bonds. The Bertz CT molecular complexity index is 1140. The smallest absolute Gasteiger partial charge is 0.250 e. The largest absolute Gasteiger partial charge is 0.374 e. The van der Waals surface area contributed by atoms with Crippen molar-refractivity contribution in [3.63, 3.8) is 0 Å². The Morgan fingerprint density at radius 3 is 2.68 bits per heavy atom. The predicted molar refractivity (Wildman–Crippen MR) is 130 cm³/mol. The molecule has 3 aromatic rings. The summed E-state index contributed by atoms with van der Waals surface area (Å²) < 4.78 is 7.76. The normalized spacial score (nSPS) is 16.0. The van der Waals surface area contributed by atoms with E-state index >= 15 is 0 Å². The van der Waals surface area contributed by atoms with Crippen LogP contribution in [0, 0.1) is 0 Å². The lowest BCUT2D eigenvalue weighted by Crippen LogP contribution is -2.56. The number of imidazole rings is 1. The number of benzene rings is 2. The average molecular weight is 462 g/mol. The quantitative estimate of drug-likeness (QED) is 0.454. The van der Waals surface area contributed by atoms with E-state index in [1.165, 1.54) is 11.1 Å². The molecule has 4 N–H and O–H groups in total. The highest BCUT2D eigenvalue weighted by Crippen LogP contribution is 2.34. The van der Waals surface area contributed by atoms with Gasteiger partial charge < -0.3 is 25.7 Å². The van der Waals surface area contributed by atoms with Crippen molar-refractivity contribution < 1.29 is 14.3 Å².